The summed E-state index contributed by atoms with van der Waals surface area (Å²) >= 11 is 0. The van der Waals surface area contributed by atoms with Crippen molar-refractivity contribution in [1.82, 2.24) is 0 Å². The predicted octanol–water partition coefficient (Wildman–Crippen LogP) is 10.4. The lowest BCUT2D eigenvalue weighted by Gasteiger charge is -2.59. The van der Waals surface area contributed by atoms with Gasteiger partial charge in [-0.05, 0) is 167 Å². The van der Waals surface area contributed by atoms with E-state index >= 15 is 0 Å². The van der Waals surface area contributed by atoms with Gasteiger partial charge < -0.3 is 31.4 Å². The molecule has 8 bridgehead atoms. The summed E-state index contributed by atoms with van der Waals surface area (Å²) in [5.41, 5.74) is 24.2. The van der Waals surface area contributed by atoms with Gasteiger partial charge in [-0.15, -0.1) is 0 Å². The number of ether oxygens (including phenoxy) is 3. The summed E-state index contributed by atoms with van der Waals surface area (Å²) in [6, 6.07) is 24.2. The SMILES string of the molecule is N#Cc1ccc(Oc2cc(Oc3ccc(C#N)cc3N)c(C34CC5CC(CC(C5)C3)C4)c(Oc3ccc(C#N)cc3N)c2C23CC4CC(CC(C4)C2)C3)c(N)c1. The van der Waals surface area contributed by atoms with Gasteiger partial charge in [0.15, 0.2) is 0 Å². The van der Waals surface area contributed by atoms with Crippen LogP contribution in [0.2, 0.25) is 0 Å². The Morgan fingerprint density at radius 2 is 0.732 bits per heavy atom. The first-order valence-corrected chi connectivity index (χ1v) is 20.3. The molecule has 0 unspecified atom stereocenters. The van der Waals surface area contributed by atoms with Crippen molar-refractivity contribution in [1.29, 1.82) is 15.8 Å². The van der Waals surface area contributed by atoms with Crippen LogP contribution in [0.4, 0.5) is 17.1 Å². The second-order valence-corrected chi connectivity index (χ2v) is 18.2. The molecule has 8 saturated carbocycles. The van der Waals surface area contributed by atoms with Crippen LogP contribution in [0.25, 0.3) is 0 Å². The third-order valence-electron chi connectivity index (χ3n) is 14.4. The third kappa shape index (κ3) is 5.69. The highest BCUT2D eigenvalue weighted by Crippen LogP contribution is 2.69. The van der Waals surface area contributed by atoms with E-state index < -0.39 is 0 Å². The molecule has 0 spiro atoms. The van der Waals surface area contributed by atoms with E-state index in [0.29, 0.717) is 98.0 Å². The van der Waals surface area contributed by atoms with Gasteiger partial charge in [0.05, 0.1) is 52.0 Å². The molecule has 9 heteroatoms. The van der Waals surface area contributed by atoms with Crippen molar-refractivity contribution in [3.63, 3.8) is 0 Å². The zero-order valence-corrected chi connectivity index (χ0v) is 31.5. The molecule has 0 aromatic heterocycles. The number of anilines is 3. The van der Waals surface area contributed by atoms with Gasteiger partial charge in [0.25, 0.3) is 0 Å². The van der Waals surface area contributed by atoms with Crippen LogP contribution in [-0.2, 0) is 10.8 Å². The van der Waals surface area contributed by atoms with E-state index in [1.165, 1.54) is 38.5 Å². The van der Waals surface area contributed by atoms with Crippen LogP contribution in [0, 0.1) is 69.5 Å². The van der Waals surface area contributed by atoms with E-state index in [-0.39, 0.29) is 10.8 Å². The maximum absolute atomic E-state index is 9.75. The summed E-state index contributed by atoms with van der Waals surface area (Å²) < 4.78 is 21.5. The van der Waals surface area contributed by atoms with E-state index in [2.05, 4.69) is 24.3 Å². The zero-order chi connectivity index (χ0) is 38.3. The smallest absolute Gasteiger partial charge is 0.150 e. The number of hydrogen-bond donors (Lipinski definition) is 3. The highest BCUT2D eigenvalue weighted by Gasteiger charge is 2.58. The van der Waals surface area contributed by atoms with Crippen molar-refractivity contribution in [2.75, 3.05) is 17.2 Å². The summed E-state index contributed by atoms with van der Waals surface area (Å²) in [5.74, 6) is 7.10. The number of nitrogens with two attached hydrogens (primary N) is 3. The van der Waals surface area contributed by atoms with Crippen LogP contribution >= 0.6 is 0 Å². The first-order chi connectivity index (χ1) is 27.1. The van der Waals surface area contributed by atoms with Gasteiger partial charge in [0.1, 0.15) is 34.5 Å². The van der Waals surface area contributed by atoms with E-state index in [1.807, 2.05) is 6.07 Å². The number of nitriles is 3. The van der Waals surface area contributed by atoms with E-state index in [1.54, 1.807) is 48.5 Å². The standard InChI is InChI=1S/C47H46N6O3/c48-23-26-1-4-38(35(51)13-26)54-41-16-42(55-39-5-2-27(24-49)14-36(39)52)44(47-20-32-10-33(21-47)12-34(11-32)22-47)45(56-40-6-3-28(25-50)15-37(40)53)43(41)46-17-29-7-30(18-46)9-31(8-29)19-46/h1-6,13-16,29-34H,7-12,17-22,51-53H2. The van der Waals surface area contributed by atoms with Crippen LogP contribution in [0.1, 0.15) is 105 Å². The second-order valence-electron chi connectivity index (χ2n) is 18.2. The topological polar surface area (TPSA) is 177 Å². The van der Waals surface area contributed by atoms with Crippen LogP contribution in [0.15, 0.2) is 60.7 Å². The summed E-state index contributed by atoms with van der Waals surface area (Å²) in [4.78, 5) is 0. The van der Waals surface area contributed by atoms with E-state index in [9.17, 15) is 15.8 Å². The average molecular weight is 743 g/mol. The normalized spacial score (nSPS) is 30.3. The monoisotopic (exact) mass is 742 g/mol. The van der Waals surface area contributed by atoms with Crippen molar-refractivity contribution >= 4 is 17.1 Å². The first kappa shape index (κ1) is 34.6. The Kier molecular flexibility index (Phi) is 7.95. The van der Waals surface area contributed by atoms with Crippen molar-refractivity contribution in [2.24, 2.45) is 35.5 Å². The highest BCUT2D eigenvalue weighted by molar-refractivity contribution is 5.70. The lowest BCUT2D eigenvalue weighted by Crippen LogP contribution is -2.50. The predicted molar refractivity (Wildman–Crippen MR) is 213 cm³/mol. The number of nitrogen functional groups attached to an aromatic ring is 3. The van der Waals surface area contributed by atoms with Crippen LogP contribution in [0.3, 0.4) is 0 Å². The lowest BCUT2D eigenvalue weighted by molar-refractivity contribution is -0.0110. The molecule has 56 heavy (non-hydrogen) atoms. The Morgan fingerprint density at radius 3 is 1.02 bits per heavy atom. The van der Waals surface area contributed by atoms with E-state index in [4.69, 9.17) is 31.4 Å². The Bertz CT molecular complexity index is 2210. The Morgan fingerprint density at radius 1 is 0.429 bits per heavy atom. The molecule has 282 valence electrons. The van der Waals surface area contributed by atoms with Crippen LogP contribution < -0.4 is 31.4 Å². The molecule has 0 amide bonds. The van der Waals surface area contributed by atoms with Crippen LogP contribution in [-0.4, -0.2) is 0 Å². The van der Waals surface area contributed by atoms with Crippen molar-refractivity contribution in [2.45, 2.75) is 87.9 Å². The third-order valence-corrected chi connectivity index (χ3v) is 14.4. The van der Waals surface area contributed by atoms with Gasteiger partial charge >= 0.3 is 0 Å². The molecule has 9 nitrogen and oxygen atoms in total. The minimum atomic E-state index is -0.217. The summed E-state index contributed by atoms with van der Waals surface area (Å²) in [6.07, 6.45) is 13.8. The zero-order valence-electron chi connectivity index (χ0n) is 31.5. The van der Waals surface area contributed by atoms with E-state index in [0.717, 1.165) is 55.4 Å². The van der Waals surface area contributed by atoms with Gasteiger partial charge in [0, 0.05) is 28.0 Å². The minimum Gasteiger partial charge on any atom is -0.455 e. The van der Waals surface area contributed by atoms with Crippen molar-refractivity contribution in [3.05, 3.63) is 88.5 Å². The fourth-order valence-electron chi connectivity index (χ4n) is 13.2. The number of rotatable bonds is 8. The molecule has 0 radical (unpaired) electrons. The fraction of sp³-hybridized carbons (Fsp3) is 0.426. The quantitative estimate of drug-likeness (QED) is 0.148. The molecule has 8 fully saturated rings. The summed E-state index contributed by atoms with van der Waals surface area (Å²) in [7, 11) is 0. The average Bonchev–Trinajstić information content (AvgIpc) is 3.16. The largest absolute Gasteiger partial charge is 0.455 e. The first-order valence-electron chi connectivity index (χ1n) is 20.3. The Balaban J connectivity index is 1.27. The highest BCUT2D eigenvalue weighted by atomic mass is 16.5. The number of hydrogen-bond acceptors (Lipinski definition) is 9. The molecule has 0 saturated heterocycles. The Hall–Kier alpha value is -5.85. The van der Waals surface area contributed by atoms with Gasteiger partial charge in [-0.3, -0.25) is 0 Å². The molecule has 8 aliphatic rings. The number of nitrogens with zero attached hydrogens (tertiary/aromatic N) is 3. The summed E-state index contributed by atoms with van der Waals surface area (Å²) in [6.45, 7) is 0. The molecule has 8 aliphatic carbocycles. The molecule has 0 heterocycles. The van der Waals surface area contributed by atoms with Gasteiger partial charge in [-0.1, -0.05) is 0 Å². The van der Waals surface area contributed by atoms with Gasteiger partial charge in [0.2, 0.25) is 0 Å². The molecule has 6 N–H and O–H groups in total. The fourth-order valence-corrected chi connectivity index (χ4v) is 13.2. The molecular formula is C47H46N6O3. The summed E-state index contributed by atoms with van der Waals surface area (Å²) in [5, 5.41) is 29.1. The molecule has 0 aliphatic heterocycles. The molecular weight excluding hydrogens is 697 g/mol. The van der Waals surface area contributed by atoms with Gasteiger partial charge in [-0.2, -0.15) is 15.8 Å². The number of benzene rings is 4. The lowest BCUT2D eigenvalue weighted by atomic mass is 9.46. The maximum Gasteiger partial charge on any atom is 0.150 e. The second kappa shape index (κ2) is 12.9. The van der Waals surface area contributed by atoms with Crippen molar-refractivity contribution < 1.29 is 14.2 Å². The van der Waals surface area contributed by atoms with Crippen LogP contribution in [0.5, 0.6) is 34.5 Å². The molecule has 4 aromatic carbocycles. The minimum absolute atomic E-state index is 0.217. The molecule has 4 aromatic rings. The maximum atomic E-state index is 9.75. The van der Waals surface area contributed by atoms with Crippen molar-refractivity contribution in [3.8, 4) is 52.7 Å². The van der Waals surface area contributed by atoms with Gasteiger partial charge in [-0.25, -0.2) is 0 Å². The molecule has 0 atom stereocenters. The molecule has 12 rings (SSSR count). The Labute approximate surface area is 327 Å².